The minimum Gasteiger partial charge on any atom is -0.493 e. The highest BCUT2D eigenvalue weighted by Crippen LogP contribution is 2.32. The van der Waals surface area contributed by atoms with Gasteiger partial charge in [-0.15, -0.1) is 0 Å². The maximum Gasteiger partial charge on any atom is 0.320 e. The van der Waals surface area contributed by atoms with E-state index >= 15 is 0 Å². The lowest BCUT2D eigenvalue weighted by Crippen LogP contribution is -2.32. The van der Waals surface area contributed by atoms with Crippen molar-refractivity contribution in [1.29, 1.82) is 0 Å². The molecule has 1 rings (SSSR count). The molecule has 0 radical (unpaired) electrons. The van der Waals surface area contributed by atoms with E-state index in [1.54, 1.807) is 19.1 Å². The van der Waals surface area contributed by atoms with Gasteiger partial charge in [-0.05, 0) is 30.5 Å². The summed E-state index contributed by atoms with van der Waals surface area (Å²) in [6, 6.07) is 2.32. The Morgan fingerprint density at radius 3 is 2.53 bits per heavy atom. The fourth-order valence-electron chi connectivity index (χ4n) is 1.76. The van der Waals surface area contributed by atoms with Gasteiger partial charge in [0.05, 0.1) is 7.11 Å². The lowest BCUT2D eigenvalue weighted by Gasteiger charge is -2.14. The van der Waals surface area contributed by atoms with Gasteiger partial charge in [0.15, 0.2) is 11.5 Å². The Morgan fingerprint density at radius 2 is 2.05 bits per heavy atom. The fourth-order valence-corrected chi connectivity index (χ4v) is 1.76. The maximum absolute atomic E-state index is 11.0. The van der Waals surface area contributed by atoms with Crippen LogP contribution in [0.3, 0.4) is 0 Å². The number of carboxylic acids is 1. The third-order valence-corrected chi connectivity index (χ3v) is 2.53. The number of carbonyl (C=O) groups excluding carboxylic acids is 1. The summed E-state index contributed by atoms with van der Waals surface area (Å²) in [7, 11) is 1.47. The highest BCUT2D eigenvalue weighted by atomic mass is 16.6. The fraction of sp³-hybridized carbons (Fsp3) is 0.385. The minimum atomic E-state index is -1.08. The van der Waals surface area contributed by atoms with Crippen molar-refractivity contribution in [3.63, 3.8) is 0 Å². The molecule has 0 fully saturated rings. The number of hydrogen-bond acceptors (Lipinski definition) is 5. The van der Waals surface area contributed by atoms with Crippen LogP contribution in [0.5, 0.6) is 11.5 Å². The maximum atomic E-state index is 11.0. The SMILES string of the molecule is COc1c(C)cc(CC(N)C(=O)O)cc1OC(C)=O. The van der Waals surface area contributed by atoms with Crippen molar-refractivity contribution >= 4 is 11.9 Å². The van der Waals surface area contributed by atoms with Gasteiger partial charge in [-0.3, -0.25) is 9.59 Å². The number of carbonyl (C=O) groups is 2. The molecule has 6 heteroatoms. The highest BCUT2D eigenvalue weighted by Gasteiger charge is 2.16. The number of hydrogen-bond donors (Lipinski definition) is 2. The molecule has 1 aromatic carbocycles. The summed E-state index contributed by atoms with van der Waals surface area (Å²) in [5.41, 5.74) is 6.90. The number of ether oxygens (including phenoxy) is 2. The van der Waals surface area contributed by atoms with Gasteiger partial charge < -0.3 is 20.3 Å². The van der Waals surface area contributed by atoms with Crippen LogP contribution in [0, 0.1) is 6.92 Å². The summed E-state index contributed by atoms with van der Waals surface area (Å²) in [5, 5.41) is 8.79. The monoisotopic (exact) mass is 267 g/mol. The molecule has 0 aliphatic heterocycles. The molecule has 3 N–H and O–H groups in total. The summed E-state index contributed by atoms with van der Waals surface area (Å²) in [6.45, 7) is 3.06. The normalized spacial score (nSPS) is 11.8. The van der Waals surface area contributed by atoms with E-state index in [1.807, 2.05) is 0 Å². The number of aryl methyl sites for hydroxylation is 1. The number of rotatable bonds is 5. The lowest BCUT2D eigenvalue weighted by atomic mass is 10.0. The number of aliphatic carboxylic acids is 1. The first-order valence-corrected chi connectivity index (χ1v) is 5.69. The second-order valence-corrected chi connectivity index (χ2v) is 4.19. The van der Waals surface area contributed by atoms with Gasteiger partial charge in [0.2, 0.25) is 0 Å². The second-order valence-electron chi connectivity index (χ2n) is 4.19. The number of esters is 1. The average Bonchev–Trinajstić information content (AvgIpc) is 2.27. The molecule has 0 aliphatic carbocycles. The van der Waals surface area contributed by atoms with Gasteiger partial charge in [0, 0.05) is 6.92 Å². The summed E-state index contributed by atoms with van der Waals surface area (Å²) >= 11 is 0. The van der Waals surface area contributed by atoms with E-state index in [1.165, 1.54) is 14.0 Å². The van der Waals surface area contributed by atoms with Crippen LogP contribution in [-0.2, 0) is 16.0 Å². The van der Waals surface area contributed by atoms with Crippen molar-refractivity contribution in [2.24, 2.45) is 5.73 Å². The molecular weight excluding hydrogens is 250 g/mol. The van der Waals surface area contributed by atoms with Crippen LogP contribution in [-0.4, -0.2) is 30.2 Å². The molecule has 1 aromatic rings. The Morgan fingerprint density at radius 1 is 1.42 bits per heavy atom. The van der Waals surface area contributed by atoms with Crippen molar-refractivity contribution < 1.29 is 24.2 Å². The van der Waals surface area contributed by atoms with Crippen LogP contribution in [0.2, 0.25) is 0 Å². The quantitative estimate of drug-likeness (QED) is 0.607. The van der Waals surface area contributed by atoms with Gasteiger partial charge in [0.1, 0.15) is 6.04 Å². The highest BCUT2D eigenvalue weighted by molar-refractivity contribution is 5.74. The third-order valence-electron chi connectivity index (χ3n) is 2.53. The Hall–Kier alpha value is -2.08. The van der Waals surface area contributed by atoms with E-state index in [0.29, 0.717) is 11.3 Å². The summed E-state index contributed by atoms with van der Waals surface area (Å²) in [6.07, 6.45) is 0.147. The van der Waals surface area contributed by atoms with E-state index in [9.17, 15) is 9.59 Å². The Kier molecular flexibility index (Phi) is 4.88. The number of benzene rings is 1. The van der Waals surface area contributed by atoms with Crippen LogP contribution in [0.1, 0.15) is 18.1 Å². The summed E-state index contributed by atoms with van der Waals surface area (Å²) < 4.78 is 10.2. The van der Waals surface area contributed by atoms with Crippen LogP contribution in [0.4, 0.5) is 0 Å². The standard InChI is InChI=1S/C13H17NO5/c1-7-4-9(5-10(14)13(16)17)6-11(12(7)18-3)19-8(2)15/h4,6,10H,5,14H2,1-3H3,(H,16,17). The molecule has 19 heavy (non-hydrogen) atoms. The molecule has 6 nitrogen and oxygen atoms in total. The first-order valence-electron chi connectivity index (χ1n) is 5.69. The number of methoxy groups -OCH3 is 1. The van der Waals surface area contributed by atoms with Gasteiger partial charge in [-0.25, -0.2) is 0 Å². The van der Waals surface area contributed by atoms with Crippen LogP contribution >= 0.6 is 0 Å². The largest absolute Gasteiger partial charge is 0.493 e. The van der Waals surface area contributed by atoms with Gasteiger partial charge in [-0.2, -0.15) is 0 Å². The van der Waals surface area contributed by atoms with Crippen LogP contribution in [0.15, 0.2) is 12.1 Å². The van der Waals surface area contributed by atoms with Gasteiger partial charge in [-0.1, -0.05) is 6.07 Å². The number of carboxylic acid groups (broad SMARTS) is 1. The molecular formula is C13H17NO5. The predicted molar refractivity (Wildman–Crippen MR) is 68.4 cm³/mol. The third kappa shape index (κ3) is 3.96. The molecule has 0 aromatic heterocycles. The van der Waals surface area contributed by atoms with Crippen molar-refractivity contribution in [2.75, 3.05) is 7.11 Å². The predicted octanol–water partition coefficient (Wildman–Crippen LogP) is 0.883. The van der Waals surface area contributed by atoms with E-state index in [-0.39, 0.29) is 12.2 Å². The zero-order chi connectivity index (χ0) is 14.6. The zero-order valence-corrected chi connectivity index (χ0v) is 11.1. The first-order chi connectivity index (χ1) is 8.85. The van der Waals surface area contributed by atoms with E-state index < -0.39 is 18.0 Å². The first kappa shape index (κ1) is 15.0. The topological polar surface area (TPSA) is 98.8 Å². The van der Waals surface area contributed by atoms with Crippen molar-refractivity contribution in [3.05, 3.63) is 23.3 Å². The number of nitrogens with two attached hydrogens (primary N) is 1. The molecule has 1 atom stereocenters. The summed E-state index contributed by atoms with van der Waals surface area (Å²) in [5.74, 6) is -0.842. The second kappa shape index (κ2) is 6.19. The van der Waals surface area contributed by atoms with E-state index in [0.717, 1.165) is 5.56 Å². The molecule has 104 valence electrons. The van der Waals surface area contributed by atoms with Crippen LogP contribution < -0.4 is 15.2 Å². The molecule has 0 aliphatic rings. The molecule has 0 saturated carbocycles. The van der Waals surface area contributed by atoms with Crippen LogP contribution in [0.25, 0.3) is 0 Å². The molecule has 0 amide bonds. The average molecular weight is 267 g/mol. The van der Waals surface area contributed by atoms with Crippen molar-refractivity contribution in [1.82, 2.24) is 0 Å². The van der Waals surface area contributed by atoms with Crippen molar-refractivity contribution in [2.45, 2.75) is 26.3 Å². The smallest absolute Gasteiger partial charge is 0.320 e. The minimum absolute atomic E-state index is 0.147. The van der Waals surface area contributed by atoms with Gasteiger partial charge in [0.25, 0.3) is 0 Å². The Labute approximate surface area is 111 Å². The molecule has 0 saturated heterocycles. The molecule has 1 unspecified atom stereocenters. The molecule has 0 heterocycles. The molecule has 0 bridgehead atoms. The van der Waals surface area contributed by atoms with E-state index in [4.69, 9.17) is 20.3 Å². The Bertz CT molecular complexity index is 498. The lowest BCUT2D eigenvalue weighted by molar-refractivity contribution is -0.138. The van der Waals surface area contributed by atoms with E-state index in [2.05, 4.69) is 0 Å². The Balaban J connectivity index is 3.11. The zero-order valence-electron chi connectivity index (χ0n) is 11.1. The van der Waals surface area contributed by atoms with Gasteiger partial charge >= 0.3 is 11.9 Å². The summed E-state index contributed by atoms with van der Waals surface area (Å²) in [4.78, 5) is 21.8. The van der Waals surface area contributed by atoms with Crippen molar-refractivity contribution in [3.8, 4) is 11.5 Å². The molecule has 0 spiro atoms.